The van der Waals surface area contributed by atoms with Gasteiger partial charge in [-0.25, -0.2) is 9.97 Å². The Bertz CT molecular complexity index is 828. The fourth-order valence-corrected chi connectivity index (χ4v) is 2.81. The summed E-state index contributed by atoms with van der Waals surface area (Å²) >= 11 is 0. The van der Waals surface area contributed by atoms with E-state index in [1.807, 2.05) is 37.4 Å². The fourth-order valence-electron chi connectivity index (χ4n) is 2.81. The molecular formula is C17H16N4. The van der Waals surface area contributed by atoms with Crippen LogP contribution in [0.3, 0.4) is 0 Å². The summed E-state index contributed by atoms with van der Waals surface area (Å²) in [7, 11) is 0. The number of aromatic nitrogens is 3. The van der Waals surface area contributed by atoms with Crippen molar-refractivity contribution in [2.45, 2.75) is 25.2 Å². The van der Waals surface area contributed by atoms with Gasteiger partial charge in [0.15, 0.2) is 0 Å². The van der Waals surface area contributed by atoms with Crippen LogP contribution in [0.25, 0.3) is 10.9 Å². The molecule has 1 aliphatic carbocycles. The highest BCUT2D eigenvalue weighted by molar-refractivity contribution is 5.81. The Morgan fingerprint density at radius 1 is 1.05 bits per heavy atom. The van der Waals surface area contributed by atoms with Gasteiger partial charge < -0.3 is 5.73 Å². The van der Waals surface area contributed by atoms with Gasteiger partial charge in [0.2, 0.25) is 0 Å². The molecule has 2 unspecified atom stereocenters. The van der Waals surface area contributed by atoms with Gasteiger partial charge in [0, 0.05) is 40.5 Å². The number of hydrogen-bond acceptors (Lipinski definition) is 4. The molecule has 0 amide bonds. The number of nitrogen functional groups attached to an aromatic ring is 1. The number of hydrogen-bond donors (Lipinski definition) is 1. The lowest BCUT2D eigenvalue weighted by Gasteiger charge is -2.04. The molecule has 0 radical (unpaired) electrons. The van der Waals surface area contributed by atoms with E-state index in [0.29, 0.717) is 11.8 Å². The Morgan fingerprint density at radius 2 is 1.90 bits per heavy atom. The van der Waals surface area contributed by atoms with Gasteiger partial charge >= 0.3 is 0 Å². The monoisotopic (exact) mass is 276 g/mol. The molecule has 1 aliphatic rings. The van der Waals surface area contributed by atoms with Crippen LogP contribution in [0.1, 0.15) is 35.5 Å². The summed E-state index contributed by atoms with van der Waals surface area (Å²) in [5.41, 5.74) is 9.69. The summed E-state index contributed by atoms with van der Waals surface area (Å²) in [5.74, 6) is 1.77. The Labute approximate surface area is 123 Å². The average Bonchev–Trinajstić information content (AvgIpc) is 3.27. The number of anilines is 1. The van der Waals surface area contributed by atoms with Gasteiger partial charge in [-0.2, -0.15) is 0 Å². The number of benzene rings is 1. The third-order valence-corrected chi connectivity index (χ3v) is 4.05. The molecule has 21 heavy (non-hydrogen) atoms. The van der Waals surface area contributed by atoms with E-state index >= 15 is 0 Å². The van der Waals surface area contributed by atoms with Crippen molar-refractivity contribution in [3.8, 4) is 0 Å². The highest BCUT2D eigenvalue weighted by atomic mass is 14.9. The molecular weight excluding hydrogens is 260 g/mol. The zero-order valence-electron chi connectivity index (χ0n) is 11.8. The third-order valence-electron chi connectivity index (χ3n) is 4.05. The third kappa shape index (κ3) is 2.23. The lowest BCUT2D eigenvalue weighted by molar-refractivity contribution is 0.867. The molecule has 2 atom stereocenters. The molecule has 4 rings (SSSR count). The smallest absolute Gasteiger partial charge is 0.132 e. The Kier molecular flexibility index (Phi) is 2.64. The topological polar surface area (TPSA) is 64.7 Å². The fraction of sp³-hybridized carbons (Fsp3) is 0.235. The summed E-state index contributed by atoms with van der Waals surface area (Å²) < 4.78 is 0. The molecule has 2 N–H and O–H groups in total. The van der Waals surface area contributed by atoms with Crippen LogP contribution in [0.5, 0.6) is 0 Å². The van der Waals surface area contributed by atoms with Crippen LogP contribution in [0.2, 0.25) is 0 Å². The van der Waals surface area contributed by atoms with Crippen LogP contribution in [-0.4, -0.2) is 15.0 Å². The van der Waals surface area contributed by atoms with Crippen LogP contribution in [0.4, 0.5) is 5.69 Å². The highest BCUT2D eigenvalue weighted by Gasteiger charge is 2.42. The summed E-state index contributed by atoms with van der Waals surface area (Å²) in [6.07, 6.45) is 2.91. The predicted octanol–water partition coefficient (Wildman–Crippen LogP) is 3.19. The first-order chi connectivity index (χ1) is 10.2. The largest absolute Gasteiger partial charge is 0.399 e. The summed E-state index contributed by atoms with van der Waals surface area (Å²) in [6.45, 7) is 2.00. The van der Waals surface area contributed by atoms with Crippen molar-refractivity contribution in [3.63, 3.8) is 0 Å². The molecule has 3 aromatic rings. The molecule has 2 aromatic heterocycles. The van der Waals surface area contributed by atoms with Crippen LogP contribution in [-0.2, 0) is 0 Å². The summed E-state index contributed by atoms with van der Waals surface area (Å²) in [4.78, 5) is 13.7. The van der Waals surface area contributed by atoms with Crippen LogP contribution < -0.4 is 5.73 Å². The standard InChI is InChI=1S/C17H16N4/c1-10-6-7-19-17(20-10)14-9-13(14)15-5-3-11-2-4-12(18)8-16(11)21-15/h2-8,13-14H,9,18H2,1H3. The zero-order chi connectivity index (χ0) is 14.4. The second-order valence-corrected chi connectivity index (χ2v) is 5.69. The zero-order valence-corrected chi connectivity index (χ0v) is 11.8. The van der Waals surface area contributed by atoms with Crippen molar-refractivity contribution < 1.29 is 0 Å². The van der Waals surface area contributed by atoms with Crippen molar-refractivity contribution >= 4 is 16.6 Å². The molecule has 0 spiro atoms. The maximum atomic E-state index is 5.84. The van der Waals surface area contributed by atoms with Crippen LogP contribution >= 0.6 is 0 Å². The van der Waals surface area contributed by atoms with Gasteiger partial charge in [0.1, 0.15) is 5.82 Å². The molecule has 0 bridgehead atoms. The maximum absolute atomic E-state index is 5.84. The van der Waals surface area contributed by atoms with Gasteiger partial charge in [-0.15, -0.1) is 0 Å². The van der Waals surface area contributed by atoms with E-state index in [9.17, 15) is 0 Å². The number of pyridine rings is 1. The summed E-state index contributed by atoms with van der Waals surface area (Å²) in [5, 5.41) is 1.12. The quantitative estimate of drug-likeness (QED) is 0.730. The first-order valence-electron chi connectivity index (χ1n) is 7.16. The van der Waals surface area contributed by atoms with E-state index in [1.54, 1.807) is 0 Å². The van der Waals surface area contributed by atoms with Gasteiger partial charge in [-0.1, -0.05) is 12.1 Å². The highest BCUT2D eigenvalue weighted by Crippen LogP contribution is 2.53. The minimum atomic E-state index is 0.399. The number of rotatable bonds is 2. The van der Waals surface area contributed by atoms with E-state index in [1.165, 1.54) is 0 Å². The van der Waals surface area contributed by atoms with Gasteiger partial charge in [0.25, 0.3) is 0 Å². The van der Waals surface area contributed by atoms with Crippen molar-refractivity contribution in [3.05, 3.63) is 59.8 Å². The molecule has 1 fully saturated rings. The van der Waals surface area contributed by atoms with E-state index < -0.39 is 0 Å². The molecule has 0 aliphatic heterocycles. The minimum Gasteiger partial charge on any atom is -0.399 e. The lowest BCUT2D eigenvalue weighted by Crippen LogP contribution is -1.96. The Balaban J connectivity index is 1.66. The van der Waals surface area contributed by atoms with E-state index in [2.05, 4.69) is 22.1 Å². The lowest BCUT2D eigenvalue weighted by atomic mass is 10.1. The molecule has 4 nitrogen and oxygen atoms in total. The predicted molar refractivity (Wildman–Crippen MR) is 83.0 cm³/mol. The van der Waals surface area contributed by atoms with Gasteiger partial charge in [-0.05, 0) is 37.6 Å². The number of nitrogens with two attached hydrogens (primary N) is 1. The maximum Gasteiger partial charge on any atom is 0.132 e. The van der Waals surface area contributed by atoms with Crippen molar-refractivity contribution in [2.75, 3.05) is 5.73 Å². The molecule has 0 saturated heterocycles. The van der Waals surface area contributed by atoms with Gasteiger partial charge in [0.05, 0.1) is 5.52 Å². The van der Waals surface area contributed by atoms with Crippen molar-refractivity contribution in [2.24, 2.45) is 0 Å². The normalized spacial score (nSPS) is 20.6. The minimum absolute atomic E-state index is 0.399. The molecule has 1 saturated carbocycles. The molecule has 104 valence electrons. The SMILES string of the molecule is Cc1ccnc(C2CC2c2ccc3ccc(N)cc3n2)n1. The van der Waals surface area contributed by atoms with Crippen LogP contribution in [0, 0.1) is 6.92 Å². The first-order valence-corrected chi connectivity index (χ1v) is 7.16. The van der Waals surface area contributed by atoms with Crippen molar-refractivity contribution in [1.82, 2.24) is 15.0 Å². The number of nitrogens with zero attached hydrogens (tertiary/aromatic N) is 3. The van der Waals surface area contributed by atoms with E-state index in [-0.39, 0.29) is 0 Å². The Morgan fingerprint density at radius 3 is 2.76 bits per heavy atom. The second-order valence-electron chi connectivity index (χ2n) is 5.69. The van der Waals surface area contributed by atoms with Crippen molar-refractivity contribution in [1.29, 1.82) is 0 Å². The molecule has 1 aromatic carbocycles. The first kappa shape index (κ1) is 12.3. The molecule has 2 heterocycles. The van der Waals surface area contributed by atoms with E-state index in [0.717, 1.165) is 40.2 Å². The second kappa shape index (κ2) is 4.52. The van der Waals surface area contributed by atoms with E-state index in [4.69, 9.17) is 10.7 Å². The van der Waals surface area contributed by atoms with Crippen LogP contribution in [0.15, 0.2) is 42.6 Å². The van der Waals surface area contributed by atoms with Gasteiger partial charge in [-0.3, -0.25) is 4.98 Å². The Hall–Kier alpha value is -2.49. The summed E-state index contributed by atoms with van der Waals surface area (Å²) in [6, 6.07) is 12.0. The average molecular weight is 276 g/mol. The number of fused-ring (bicyclic) bond motifs is 1. The number of aryl methyl sites for hydroxylation is 1. The molecule has 4 heteroatoms.